The van der Waals surface area contributed by atoms with Crippen LogP contribution in [0.15, 0.2) is 24.3 Å². The Morgan fingerprint density at radius 2 is 1.76 bits per heavy atom. The minimum atomic E-state index is 0.863. The van der Waals surface area contributed by atoms with Crippen LogP contribution in [0, 0.1) is 20.8 Å². The lowest BCUT2D eigenvalue weighted by atomic mass is 10.1. The third kappa shape index (κ3) is 2.94. The number of H-pyrrole nitrogens is 1. The van der Waals surface area contributed by atoms with Gasteiger partial charge in [0.1, 0.15) is 0 Å². The van der Waals surface area contributed by atoms with Gasteiger partial charge in [0.2, 0.25) is 0 Å². The first-order chi connectivity index (χ1) is 8.16. The Hall–Kier alpha value is -1.61. The van der Waals surface area contributed by atoms with Gasteiger partial charge in [-0.25, -0.2) is 0 Å². The van der Waals surface area contributed by atoms with Gasteiger partial charge in [-0.3, -0.25) is 5.10 Å². The number of aryl methyl sites for hydroxylation is 3. The third-order valence-electron chi connectivity index (χ3n) is 3.03. The second kappa shape index (κ2) is 5.15. The minimum absolute atomic E-state index is 0.863. The van der Waals surface area contributed by atoms with Crippen LogP contribution in [0.1, 0.15) is 28.1 Å². The van der Waals surface area contributed by atoms with E-state index in [1.165, 1.54) is 16.7 Å². The van der Waals surface area contributed by atoms with E-state index in [1.807, 2.05) is 6.92 Å². The first-order valence-corrected chi connectivity index (χ1v) is 5.93. The predicted molar refractivity (Wildman–Crippen MR) is 69.8 cm³/mol. The average molecular weight is 229 g/mol. The highest BCUT2D eigenvalue weighted by molar-refractivity contribution is 5.24. The van der Waals surface area contributed by atoms with Gasteiger partial charge in [-0.15, -0.1) is 0 Å². The van der Waals surface area contributed by atoms with Crippen LogP contribution in [0.2, 0.25) is 0 Å². The van der Waals surface area contributed by atoms with Crippen LogP contribution in [0.25, 0.3) is 0 Å². The molecule has 2 rings (SSSR count). The summed E-state index contributed by atoms with van der Waals surface area (Å²) in [5, 5.41) is 10.6. The summed E-state index contributed by atoms with van der Waals surface area (Å²) in [4.78, 5) is 0. The summed E-state index contributed by atoms with van der Waals surface area (Å²) in [5.41, 5.74) is 6.12. The van der Waals surface area contributed by atoms with E-state index < -0.39 is 0 Å². The molecule has 0 fully saturated rings. The van der Waals surface area contributed by atoms with Gasteiger partial charge < -0.3 is 5.32 Å². The highest BCUT2D eigenvalue weighted by Gasteiger charge is 2.04. The van der Waals surface area contributed by atoms with Crippen molar-refractivity contribution in [2.24, 2.45) is 0 Å². The Morgan fingerprint density at radius 3 is 2.35 bits per heavy atom. The molecule has 0 bridgehead atoms. The van der Waals surface area contributed by atoms with E-state index in [4.69, 9.17) is 0 Å². The summed E-state index contributed by atoms with van der Waals surface area (Å²) in [7, 11) is 0. The molecular weight excluding hydrogens is 210 g/mol. The van der Waals surface area contributed by atoms with E-state index in [0.29, 0.717) is 0 Å². The number of benzene rings is 1. The van der Waals surface area contributed by atoms with Crippen LogP contribution >= 0.6 is 0 Å². The molecule has 1 aromatic heterocycles. The molecule has 0 aliphatic rings. The van der Waals surface area contributed by atoms with Gasteiger partial charge in [0.15, 0.2) is 0 Å². The van der Waals surface area contributed by atoms with Crippen LogP contribution in [-0.2, 0) is 13.1 Å². The lowest BCUT2D eigenvalue weighted by molar-refractivity contribution is 0.688. The van der Waals surface area contributed by atoms with Crippen molar-refractivity contribution in [3.63, 3.8) is 0 Å². The van der Waals surface area contributed by atoms with E-state index in [9.17, 15) is 0 Å². The molecule has 0 amide bonds. The van der Waals surface area contributed by atoms with Gasteiger partial charge in [0, 0.05) is 24.3 Å². The van der Waals surface area contributed by atoms with Crippen molar-refractivity contribution in [1.29, 1.82) is 0 Å². The summed E-state index contributed by atoms with van der Waals surface area (Å²) in [6.07, 6.45) is 0. The number of nitrogens with zero attached hydrogens (tertiary/aromatic N) is 1. The average Bonchev–Trinajstić information content (AvgIpc) is 2.63. The van der Waals surface area contributed by atoms with Crippen LogP contribution in [0.4, 0.5) is 0 Å². The summed E-state index contributed by atoms with van der Waals surface area (Å²) in [6, 6.07) is 8.62. The molecule has 0 aliphatic heterocycles. The molecule has 0 aliphatic carbocycles. The van der Waals surface area contributed by atoms with Crippen LogP contribution in [0.5, 0.6) is 0 Å². The van der Waals surface area contributed by atoms with Crippen molar-refractivity contribution < 1.29 is 0 Å². The molecule has 17 heavy (non-hydrogen) atoms. The maximum absolute atomic E-state index is 4.19. The number of aromatic amines is 1. The molecule has 3 nitrogen and oxygen atoms in total. The van der Waals surface area contributed by atoms with Gasteiger partial charge in [-0.05, 0) is 26.3 Å². The van der Waals surface area contributed by atoms with Crippen molar-refractivity contribution in [2.75, 3.05) is 0 Å². The largest absolute Gasteiger partial charge is 0.308 e. The molecule has 0 unspecified atom stereocenters. The van der Waals surface area contributed by atoms with E-state index in [1.54, 1.807) is 0 Å². The molecule has 0 saturated heterocycles. The summed E-state index contributed by atoms with van der Waals surface area (Å²) in [5.74, 6) is 0. The smallest absolute Gasteiger partial charge is 0.0638 e. The normalized spacial score (nSPS) is 10.8. The number of hydrogen-bond donors (Lipinski definition) is 2. The van der Waals surface area contributed by atoms with Crippen LogP contribution < -0.4 is 5.32 Å². The molecular formula is C14H19N3. The number of aromatic nitrogens is 2. The Labute approximate surface area is 102 Å². The first-order valence-electron chi connectivity index (χ1n) is 5.93. The summed E-state index contributed by atoms with van der Waals surface area (Å²) < 4.78 is 0. The van der Waals surface area contributed by atoms with Crippen molar-refractivity contribution in [3.05, 3.63) is 52.3 Å². The van der Waals surface area contributed by atoms with E-state index in [2.05, 4.69) is 53.6 Å². The van der Waals surface area contributed by atoms with Crippen molar-refractivity contribution in [3.8, 4) is 0 Å². The van der Waals surface area contributed by atoms with E-state index in [-0.39, 0.29) is 0 Å². The fraction of sp³-hybridized carbons (Fsp3) is 0.357. The second-order valence-electron chi connectivity index (χ2n) is 4.50. The quantitative estimate of drug-likeness (QED) is 0.846. The van der Waals surface area contributed by atoms with Gasteiger partial charge >= 0.3 is 0 Å². The molecule has 90 valence electrons. The zero-order valence-corrected chi connectivity index (χ0v) is 10.7. The lowest BCUT2D eigenvalue weighted by Crippen LogP contribution is -2.13. The Kier molecular flexibility index (Phi) is 3.59. The lowest BCUT2D eigenvalue weighted by Gasteiger charge is -2.05. The molecule has 3 heteroatoms. The fourth-order valence-electron chi connectivity index (χ4n) is 1.87. The molecule has 0 radical (unpaired) electrons. The molecule has 0 atom stereocenters. The maximum atomic E-state index is 4.19. The molecule has 2 aromatic rings. The van der Waals surface area contributed by atoms with Crippen molar-refractivity contribution >= 4 is 0 Å². The molecule has 1 aromatic carbocycles. The fourth-order valence-corrected chi connectivity index (χ4v) is 1.87. The van der Waals surface area contributed by atoms with Gasteiger partial charge in [-0.1, -0.05) is 29.8 Å². The van der Waals surface area contributed by atoms with Crippen molar-refractivity contribution in [1.82, 2.24) is 15.5 Å². The Morgan fingerprint density at radius 1 is 1.06 bits per heavy atom. The number of nitrogens with one attached hydrogen (secondary N) is 2. The number of rotatable bonds is 4. The minimum Gasteiger partial charge on any atom is -0.308 e. The molecule has 1 heterocycles. The predicted octanol–water partition coefficient (Wildman–Crippen LogP) is 2.62. The van der Waals surface area contributed by atoms with Gasteiger partial charge in [0.25, 0.3) is 0 Å². The SMILES string of the molecule is Cc1ccc(CNCc2c(C)n[nH]c2C)cc1. The first kappa shape index (κ1) is 11.9. The van der Waals surface area contributed by atoms with Crippen LogP contribution in [0.3, 0.4) is 0 Å². The van der Waals surface area contributed by atoms with E-state index >= 15 is 0 Å². The zero-order chi connectivity index (χ0) is 12.3. The second-order valence-corrected chi connectivity index (χ2v) is 4.50. The van der Waals surface area contributed by atoms with Crippen molar-refractivity contribution in [2.45, 2.75) is 33.9 Å². The molecule has 0 saturated carbocycles. The molecule has 0 spiro atoms. The van der Waals surface area contributed by atoms with Gasteiger partial charge in [-0.2, -0.15) is 5.10 Å². The summed E-state index contributed by atoms with van der Waals surface area (Å²) in [6.45, 7) is 7.96. The monoisotopic (exact) mass is 229 g/mol. The highest BCUT2D eigenvalue weighted by atomic mass is 15.1. The number of hydrogen-bond acceptors (Lipinski definition) is 2. The Balaban J connectivity index is 1.90. The Bertz CT molecular complexity index is 463. The topological polar surface area (TPSA) is 40.7 Å². The summed E-state index contributed by atoms with van der Waals surface area (Å²) >= 11 is 0. The standard InChI is InChI=1S/C14H19N3/c1-10-4-6-13(7-5-10)8-15-9-14-11(2)16-17-12(14)3/h4-7,15H,8-9H2,1-3H3,(H,16,17). The van der Waals surface area contributed by atoms with Crippen LogP contribution in [-0.4, -0.2) is 10.2 Å². The van der Waals surface area contributed by atoms with E-state index in [0.717, 1.165) is 24.5 Å². The maximum Gasteiger partial charge on any atom is 0.0638 e. The third-order valence-corrected chi connectivity index (χ3v) is 3.03. The van der Waals surface area contributed by atoms with Gasteiger partial charge in [0.05, 0.1) is 5.69 Å². The molecule has 2 N–H and O–H groups in total. The zero-order valence-electron chi connectivity index (χ0n) is 10.7. The highest BCUT2D eigenvalue weighted by Crippen LogP contribution is 2.09.